The van der Waals surface area contributed by atoms with Gasteiger partial charge in [-0.3, -0.25) is 9.69 Å². The second-order valence-electron chi connectivity index (χ2n) is 7.95. The Morgan fingerprint density at radius 3 is 2.60 bits per heavy atom. The van der Waals surface area contributed by atoms with Gasteiger partial charge in [0, 0.05) is 45.0 Å². The number of ether oxygens (including phenoxy) is 2. The Morgan fingerprint density at radius 1 is 1.17 bits per heavy atom. The van der Waals surface area contributed by atoms with Crippen LogP contribution in [0, 0.1) is 0 Å². The van der Waals surface area contributed by atoms with E-state index < -0.39 is 0 Å². The Labute approximate surface area is 178 Å². The molecule has 1 unspecified atom stereocenters. The monoisotopic (exact) mass is 413 g/mol. The van der Waals surface area contributed by atoms with Gasteiger partial charge >= 0.3 is 0 Å². The van der Waals surface area contributed by atoms with E-state index in [1.165, 1.54) is 5.69 Å². The lowest BCUT2D eigenvalue weighted by atomic mass is 10.2. The molecule has 30 heavy (non-hydrogen) atoms. The predicted molar refractivity (Wildman–Crippen MR) is 115 cm³/mol. The van der Waals surface area contributed by atoms with Gasteiger partial charge in [0.2, 0.25) is 5.91 Å². The highest BCUT2D eigenvalue weighted by Gasteiger charge is 2.26. The summed E-state index contributed by atoms with van der Waals surface area (Å²) >= 11 is 0. The van der Waals surface area contributed by atoms with E-state index in [4.69, 9.17) is 13.9 Å². The molecule has 0 spiro atoms. The third-order valence-electron chi connectivity index (χ3n) is 5.87. The van der Waals surface area contributed by atoms with Crippen molar-refractivity contribution in [1.29, 1.82) is 0 Å². The fraction of sp³-hybridized carbons (Fsp3) is 0.522. The standard InChI is InChI=1S/C23H31N3O4/c1-28-20-8-6-19(7-9-20)25-10-12-26(13-11-25)23(27)18-24(16-21-4-2-14-29-21)17-22-5-3-15-30-22/h2,4,6-9,14,22H,3,5,10-13,15-18H2,1H3. The third kappa shape index (κ3) is 5.34. The normalized spacial score (nSPS) is 19.5. The summed E-state index contributed by atoms with van der Waals surface area (Å²) < 4.78 is 16.5. The van der Waals surface area contributed by atoms with E-state index in [0.29, 0.717) is 13.1 Å². The molecule has 7 heteroatoms. The Morgan fingerprint density at radius 2 is 1.97 bits per heavy atom. The number of benzene rings is 1. The molecule has 2 aliphatic rings. The molecule has 2 saturated heterocycles. The summed E-state index contributed by atoms with van der Waals surface area (Å²) in [6.07, 6.45) is 4.05. The molecule has 1 atom stereocenters. The van der Waals surface area contributed by atoms with E-state index in [-0.39, 0.29) is 12.0 Å². The van der Waals surface area contributed by atoms with Gasteiger partial charge in [-0.05, 0) is 49.2 Å². The summed E-state index contributed by atoms with van der Waals surface area (Å²) in [5.74, 6) is 1.91. The number of furan rings is 1. The second-order valence-corrected chi connectivity index (χ2v) is 7.95. The molecule has 2 fully saturated rings. The molecule has 1 aromatic carbocycles. The molecule has 7 nitrogen and oxygen atoms in total. The molecule has 3 heterocycles. The number of carbonyl (C=O) groups excluding carboxylic acids is 1. The van der Waals surface area contributed by atoms with E-state index in [9.17, 15) is 4.79 Å². The van der Waals surface area contributed by atoms with E-state index >= 15 is 0 Å². The SMILES string of the molecule is COc1ccc(N2CCN(C(=O)CN(Cc3ccco3)CC3CCCO3)CC2)cc1. The first kappa shape index (κ1) is 20.8. The van der Waals surface area contributed by atoms with Crippen LogP contribution in [0.3, 0.4) is 0 Å². The Hall–Kier alpha value is -2.51. The van der Waals surface area contributed by atoms with Gasteiger partial charge in [-0.15, -0.1) is 0 Å². The summed E-state index contributed by atoms with van der Waals surface area (Å²) in [4.78, 5) is 19.5. The molecule has 2 aromatic rings. The zero-order chi connectivity index (χ0) is 20.8. The molecule has 4 rings (SSSR count). The zero-order valence-electron chi connectivity index (χ0n) is 17.7. The molecular weight excluding hydrogens is 382 g/mol. The van der Waals surface area contributed by atoms with Crippen LogP contribution in [0.2, 0.25) is 0 Å². The number of hydrogen-bond donors (Lipinski definition) is 0. The van der Waals surface area contributed by atoms with Crippen molar-refractivity contribution in [3.05, 3.63) is 48.4 Å². The van der Waals surface area contributed by atoms with Crippen LogP contribution < -0.4 is 9.64 Å². The van der Waals surface area contributed by atoms with Crippen LogP contribution in [0.25, 0.3) is 0 Å². The minimum absolute atomic E-state index is 0.175. The van der Waals surface area contributed by atoms with Crippen molar-refractivity contribution in [2.45, 2.75) is 25.5 Å². The molecule has 0 N–H and O–H groups in total. The number of nitrogens with zero attached hydrogens (tertiary/aromatic N) is 3. The maximum Gasteiger partial charge on any atom is 0.236 e. The topological polar surface area (TPSA) is 58.4 Å². The number of rotatable bonds is 8. The molecule has 0 radical (unpaired) electrons. The molecule has 0 saturated carbocycles. The lowest BCUT2D eigenvalue weighted by Crippen LogP contribution is -2.51. The number of amides is 1. The lowest BCUT2D eigenvalue weighted by Gasteiger charge is -2.37. The van der Waals surface area contributed by atoms with Gasteiger partial charge in [-0.2, -0.15) is 0 Å². The number of anilines is 1. The predicted octanol–water partition coefficient (Wildman–Crippen LogP) is 2.62. The van der Waals surface area contributed by atoms with E-state index in [1.54, 1.807) is 13.4 Å². The van der Waals surface area contributed by atoms with Crippen LogP contribution in [0.4, 0.5) is 5.69 Å². The van der Waals surface area contributed by atoms with Gasteiger partial charge in [-0.1, -0.05) is 0 Å². The van der Waals surface area contributed by atoms with Gasteiger partial charge in [0.15, 0.2) is 0 Å². The van der Waals surface area contributed by atoms with Crippen molar-refractivity contribution in [2.75, 3.05) is 57.9 Å². The van der Waals surface area contributed by atoms with E-state index in [2.05, 4.69) is 21.9 Å². The van der Waals surface area contributed by atoms with Crippen molar-refractivity contribution in [2.24, 2.45) is 0 Å². The zero-order valence-corrected chi connectivity index (χ0v) is 17.7. The lowest BCUT2D eigenvalue weighted by molar-refractivity contribution is -0.133. The minimum Gasteiger partial charge on any atom is -0.497 e. The summed E-state index contributed by atoms with van der Waals surface area (Å²) in [5.41, 5.74) is 1.17. The highest BCUT2D eigenvalue weighted by Crippen LogP contribution is 2.21. The van der Waals surface area contributed by atoms with E-state index in [1.807, 2.05) is 29.2 Å². The van der Waals surface area contributed by atoms with Crippen molar-refractivity contribution in [3.63, 3.8) is 0 Å². The Balaban J connectivity index is 1.31. The largest absolute Gasteiger partial charge is 0.497 e. The molecule has 0 bridgehead atoms. The third-order valence-corrected chi connectivity index (χ3v) is 5.87. The van der Waals surface area contributed by atoms with Crippen molar-refractivity contribution in [1.82, 2.24) is 9.80 Å². The first-order valence-electron chi connectivity index (χ1n) is 10.7. The first-order chi connectivity index (χ1) is 14.7. The number of piperazine rings is 1. The maximum absolute atomic E-state index is 13.0. The molecule has 162 valence electrons. The van der Waals surface area contributed by atoms with Crippen LogP contribution in [-0.4, -0.2) is 74.8 Å². The van der Waals surface area contributed by atoms with Gasteiger partial charge < -0.3 is 23.7 Å². The van der Waals surface area contributed by atoms with E-state index in [0.717, 1.165) is 63.7 Å². The second kappa shape index (κ2) is 10.00. The Bertz CT molecular complexity index is 779. The quantitative estimate of drug-likeness (QED) is 0.663. The van der Waals surface area contributed by atoms with Crippen molar-refractivity contribution in [3.8, 4) is 5.75 Å². The molecule has 1 aromatic heterocycles. The number of hydrogen-bond acceptors (Lipinski definition) is 6. The van der Waals surface area contributed by atoms with Gasteiger partial charge in [0.1, 0.15) is 11.5 Å². The minimum atomic E-state index is 0.175. The van der Waals surface area contributed by atoms with Gasteiger partial charge in [0.25, 0.3) is 0 Å². The average molecular weight is 414 g/mol. The fourth-order valence-corrected chi connectivity index (χ4v) is 4.18. The van der Waals surface area contributed by atoms with Crippen LogP contribution in [-0.2, 0) is 16.1 Å². The summed E-state index contributed by atoms with van der Waals surface area (Å²) in [6, 6.07) is 11.9. The highest BCUT2D eigenvalue weighted by molar-refractivity contribution is 5.78. The summed E-state index contributed by atoms with van der Waals surface area (Å²) in [7, 11) is 1.67. The maximum atomic E-state index is 13.0. The smallest absolute Gasteiger partial charge is 0.236 e. The van der Waals surface area contributed by atoms with Crippen LogP contribution in [0.5, 0.6) is 5.75 Å². The van der Waals surface area contributed by atoms with Crippen molar-refractivity contribution >= 4 is 11.6 Å². The number of carbonyl (C=O) groups is 1. The molecule has 1 amide bonds. The average Bonchev–Trinajstić information content (AvgIpc) is 3.48. The molecule has 2 aliphatic heterocycles. The van der Waals surface area contributed by atoms with Crippen molar-refractivity contribution < 1.29 is 18.7 Å². The summed E-state index contributed by atoms with van der Waals surface area (Å²) in [6.45, 7) is 5.75. The van der Waals surface area contributed by atoms with Gasteiger partial charge in [0.05, 0.1) is 32.6 Å². The van der Waals surface area contributed by atoms with Crippen LogP contribution in [0.15, 0.2) is 47.1 Å². The Kier molecular flexibility index (Phi) is 6.92. The van der Waals surface area contributed by atoms with Gasteiger partial charge in [-0.25, -0.2) is 0 Å². The first-order valence-corrected chi connectivity index (χ1v) is 10.7. The highest BCUT2D eigenvalue weighted by atomic mass is 16.5. The fourth-order valence-electron chi connectivity index (χ4n) is 4.18. The van der Waals surface area contributed by atoms with Crippen LogP contribution in [0.1, 0.15) is 18.6 Å². The van der Waals surface area contributed by atoms with Crippen LogP contribution >= 0.6 is 0 Å². The molecular formula is C23H31N3O4. The molecule has 0 aliphatic carbocycles. The number of methoxy groups -OCH3 is 1. The summed E-state index contributed by atoms with van der Waals surface area (Å²) in [5, 5.41) is 0.